The molecule has 0 aliphatic rings. The van der Waals surface area contributed by atoms with Crippen molar-refractivity contribution in [3.05, 3.63) is 53.7 Å². The molecule has 0 bridgehead atoms. The van der Waals surface area contributed by atoms with Crippen molar-refractivity contribution in [2.45, 2.75) is 39.8 Å². The monoisotopic (exact) mass is 270 g/mol. The van der Waals surface area contributed by atoms with Crippen molar-refractivity contribution in [2.24, 2.45) is 0 Å². The Labute approximate surface area is 121 Å². The topological polar surface area (TPSA) is 34.1 Å². The molecule has 0 fully saturated rings. The highest BCUT2D eigenvalue weighted by molar-refractivity contribution is 5.31. The average molecular weight is 270 g/mol. The number of nitrogens with one attached hydrogen (secondary N) is 1. The van der Waals surface area contributed by atoms with Crippen LogP contribution in [0.5, 0.6) is 11.6 Å². The summed E-state index contributed by atoms with van der Waals surface area (Å²) in [6, 6.07) is 14.4. The maximum absolute atomic E-state index is 5.83. The molecule has 3 nitrogen and oxygen atoms in total. The molecule has 1 N–H and O–H groups in total. The van der Waals surface area contributed by atoms with Crippen molar-refractivity contribution in [1.82, 2.24) is 10.3 Å². The van der Waals surface area contributed by atoms with Crippen molar-refractivity contribution < 1.29 is 4.74 Å². The smallest absolute Gasteiger partial charge is 0.219 e. The Hall–Kier alpha value is -1.87. The number of rotatable bonds is 6. The predicted octanol–water partition coefficient (Wildman–Crippen LogP) is 3.93. The van der Waals surface area contributed by atoms with Crippen molar-refractivity contribution in [2.75, 3.05) is 0 Å². The first-order valence-electron chi connectivity index (χ1n) is 7.13. The fraction of sp³-hybridized carbons (Fsp3) is 0.353. The van der Waals surface area contributed by atoms with Gasteiger partial charge in [-0.3, -0.25) is 0 Å². The van der Waals surface area contributed by atoms with Gasteiger partial charge in [-0.05, 0) is 30.2 Å². The molecule has 0 unspecified atom stereocenters. The maximum atomic E-state index is 5.83. The Morgan fingerprint density at radius 1 is 1.15 bits per heavy atom. The van der Waals surface area contributed by atoms with Crippen LogP contribution in [0.15, 0.2) is 42.5 Å². The average Bonchev–Trinajstić information content (AvgIpc) is 2.46. The lowest BCUT2D eigenvalue weighted by molar-refractivity contribution is 0.458. The molecule has 3 heteroatoms. The second-order valence-corrected chi connectivity index (χ2v) is 5.11. The van der Waals surface area contributed by atoms with E-state index in [-0.39, 0.29) is 0 Å². The van der Waals surface area contributed by atoms with E-state index in [2.05, 4.69) is 43.2 Å². The number of aromatic nitrogens is 1. The first-order valence-corrected chi connectivity index (χ1v) is 7.13. The highest BCUT2D eigenvalue weighted by Gasteiger charge is 2.02. The number of ether oxygens (including phenoxy) is 1. The molecule has 0 radical (unpaired) electrons. The van der Waals surface area contributed by atoms with Crippen LogP contribution in [0.2, 0.25) is 0 Å². The van der Waals surface area contributed by atoms with Gasteiger partial charge in [0.2, 0.25) is 5.88 Å². The molecule has 0 spiro atoms. The second kappa shape index (κ2) is 7.06. The van der Waals surface area contributed by atoms with Crippen LogP contribution in [-0.4, -0.2) is 11.0 Å². The van der Waals surface area contributed by atoms with Crippen LogP contribution >= 0.6 is 0 Å². The van der Waals surface area contributed by atoms with E-state index in [0.717, 1.165) is 24.4 Å². The number of hydrogen-bond donors (Lipinski definition) is 1. The molecule has 1 aromatic carbocycles. The van der Waals surface area contributed by atoms with Crippen LogP contribution in [0.1, 0.15) is 32.0 Å². The molecule has 20 heavy (non-hydrogen) atoms. The van der Waals surface area contributed by atoms with E-state index in [9.17, 15) is 0 Å². The molecular weight excluding hydrogens is 248 g/mol. The highest BCUT2D eigenvalue weighted by Crippen LogP contribution is 2.21. The summed E-state index contributed by atoms with van der Waals surface area (Å²) in [6.45, 7) is 7.13. The third kappa shape index (κ3) is 4.35. The van der Waals surface area contributed by atoms with Gasteiger partial charge in [0.25, 0.3) is 0 Å². The van der Waals surface area contributed by atoms with Crippen LogP contribution in [0.3, 0.4) is 0 Å². The molecule has 1 heterocycles. The van der Waals surface area contributed by atoms with Gasteiger partial charge in [-0.2, -0.15) is 0 Å². The van der Waals surface area contributed by atoms with E-state index in [1.807, 2.05) is 30.3 Å². The predicted molar refractivity (Wildman–Crippen MR) is 82.1 cm³/mol. The third-order valence-electron chi connectivity index (χ3n) is 3.00. The van der Waals surface area contributed by atoms with Gasteiger partial charge in [0, 0.05) is 18.7 Å². The van der Waals surface area contributed by atoms with Crippen LogP contribution in [0.25, 0.3) is 0 Å². The van der Waals surface area contributed by atoms with Gasteiger partial charge >= 0.3 is 0 Å². The largest absolute Gasteiger partial charge is 0.439 e. The number of aryl methyl sites for hydroxylation is 1. The zero-order valence-corrected chi connectivity index (χ0v) is 12.4. The van der Waals surface area contributed by atoms with E-state index < -0.39 is 0 Å². The molecule has 2 rings (SSSR count). The van der Waals surface area contributed by atoms with Gasteiger partial charge in [0.1, 0.15) is 5.75 Å². The van der Waals surface area contributed by atoms with Gasteiger partial charge in [-0.1, -0.05) is 39.0 Å². The van der Waals surface area contributed by atoms with Crippen LogP contribution in [0.4, 0.5) is 0 Å². The quantitative estimate of drug-likeness (QED) is 0.863. The van der Waals surface area contributed by atoms with E-state index in [1.54, 1.807) is 0 Å². The lowest BCUT2D eigenvalue weighted by Gasteiger charge is -2.10. The van der Waals surface area contributed by atoms with E-state index in [0.29, 0.717) is 11.9 Å². The Bertz CT molecular complexity index is 552. The molecule has 2 aromatic rings. The summed E-state index contributed by atoms with van der Waals surface area (Å²) in [7, 11) is 0. The van der Waals surface area contributed by atoms with Crippen molar-refractivity contribution >= 4 is 0 Å². The van der Waals surface area contributed by atoms with E-state index >= 15 is 0 Å². The van der Waals surface area contributed by atoms with Crippen molar-refractivity contribution in [1.29, 1.82) is 0 Å². The van der Waals surface area contributed by atoms with Crippen LogP contribution in [0, 0.1) is 0 Å². The summed E-state index contributed by atoms with van der Waals surface area (Å²) in [4.78, 5) is 4.51. The lowest BCUT2D eigenvalue weighted by atomic mass is 10.2. The highest BCUT2D eigenvalue weighted by atomic mass is 16.5. The SMILES string of the molecule is CCc1cccc(Oc2cccc(CNC(C)C)n2)c1. The number of benzene rings is 1. The molecule has 1 aromatic heterocycles. The summed E-state index contributed by atoms with van der Waals surface area (Å²) < 4.78 is 5.83. The third-order valence-corrected chi connectivity index (χ3v) is 3.00. The fourth-order valence-electron chi connectivity index (χ4n) is 1.87. The normalized spacial score (nSPS) is 10.8. The summed E-state index contributed by atoms with van der Waals surface area (Å²) >= 11 is 0. The summed E-state index contributed by atoms with van der Waals surface area (Å²) in [5, 5.41) is 3.35. The Morgan fingerprint density at radius 2 is 1.95 bits per heavy atom. The minimum absolute atomic E-state index is 0.447. The van der Waals surface area contributed by atoms with Crippen LogP contribution in [-0.2, 0) is 13.0 Å². The van der Waals surface area contributed by atoms with Gasteiger partial charge in [0.15, 0.2) is 0 Å². The molecule has 0 atom stereocenters. The Morgan fingerprint density at radius 3 is 2.70 bits per heavy atom. The fourth-order valence-corrected chi connectivity index (χ4v) is 1.87. The molecule has 0 saturated heterocycles. The maximum Gasteiger partial charge on any atom is 0.219 e. The molecule has 0 amide bonds. The minimum Gasteiger partial charge on any atom is -0.439 e. The molecule has 0 saturated carbocycles. The molecule has 0 aliphatic carbocycles. The number of hydrogen-bond acceptors (Lipinski definition) is 3. The zero-order valence-electron chi connectivity index (χ0n) is 12.4. The first kappa shape index (κ1) is 14.5. The Balaban J connectivity index is 2.06. The molecule has 106 valence electrons. The van der Waals surface area contributed by atoms with Gasteiger partial charge in [0.05, 0.1) is 5.69 Å². The van der Waals surface area contributed by atoms with E-state index in [1.165, 1.54) is 5.56 Å². The first-order chi connectivity index (χ1) is 9.67. The number of pyridine rings is 1. The summed E-state index contributed by atoms with van der Waals surface area (Å²) in [5.74, 6) is 1.48. The van der Waals surface area contributed by atoms with Crippen LogP contribution < -0.4 is 10.1 Å². The zero-order chi connectivity index (χ0) is 14.4. The standard InChI is InChI=1S/C17H22N2O/c1-4-14-7-5-9-16(11-14)20-17-10-6-8-15(19-17)12-18-13(2)3/h5-11,13,18H,4,12H2,1-3H3. The second-order valence-electron chi connectivity index (χ2n) is 5.11. The Kier molecular flexibility index (Phi) is 5.13. The number of nitrogens with zero attached hydrogens (tertiary/aromatic N) is 1. The van der Waals surface area contributed by atoms with Gasteiger partial charge < -0.3 is 10.1 Å². The molecule has 0 aliphatic heterocycles. The molecular formula is C17H22N2O. The van der Waals surface area contributed by atoms with Crippen molar-refractivity contribution in [3.8, 4) is 11.6 Å². The van der Waals surface area contributed by atoms with E-state index in [4.69, 9.17) is 4.74 Å². The van der Waals surface area contributed by atoms with Gasteiger partial charge in [-0.25, -0.2) is 4.98 Å². The summed E-state index contributed by atoms with van der Waals surface area (Å²) in [6.07, 6.45) is 1.00. The van der Waals surface area contributed by atoms with Crippen molar-refractivity contribution in [3.63, 3.8) is 0 Å². The van der Waals surface area contributed by atoms with Gasteiger partial charge in [-0.15, -0.1) is 0 Å². The summed E-state index contributed by atoms with van der Waals surface area (Å²) in [5.41, 5.74) is 2.25. The minimum atomic E-state index is 0.447. The lowest BCUT2D eigenvalue weighted by Crippen LogP contribution is -2.22.